The lowest BCUT2D eigenvalue weighted by Gasteiger charge is -2.57. The number of aromatic nitrogens is 3. The molecule has 0 radical (unpaired) electrons. The molecule has 5 heteroatoms. The second-order valence-corrected chi connectivity index (χ2v) is 25.6. The molecule has 7 aromatic carbocycles. The van der Waals surface area contributed by atoms with Crippen molar-refractivity contribution in [3.8, 4) is 22.5 Å². The van der Waals surface area contributed by atoms with E-state index in [2.05, 4.69) is 187 Å². The van der Waals surface area contributed by atoms with Crippen LogP contribution in [-0.2, 0) is 21.7 Å². The van der Waals surface area contributed by atoms with E-state index in [1.54, 1.807) is 0 Å². The maximum Gasteiger partial charge on any atom is 0.167 e. The molecule has 1 aromatic heterocycles. The summed E-state index contributed by atoms with van der Waals surface area (Å²) in [6.45, 7) is 4.80. The minimum atomic E-state index is -0.518. The third-order valence-corrected chi connectivity index (χ3v) is 21.1. The van der Waals surface area contributed by atoms with Crippen molar-refractivity contribution in [1.82, 2.24) is 15.0 Å². The number of para-hydroxylation sites is 4. The maximum absolute atomic E-state index is 6.14. The van der Waals surface area contributed by atoms with Gasteiger partial charge in [0, 0.05) is 16.2 Å². The Morgan fingerprint density at radius 1 is 0.338 bits per heavy atom. The molecule has 3 heterocycles. The van der Waals surface area contributed by atoms with Crippen molar-refractivity contribution in [3.05, 3.63) is 209 Å². The topological polar surface area (TPSA) is 45.2 Å². The molecule has 364 valence electrons. The molecule has 8 saturated carbocycles. The fourth-order valence-electron chi connectivity index (χ4n) is 19.1. The molecule has 74 heavy (non-hydrogen) atoms. The Bertz CT molecular complexity index is 3400. The molecule has 11 aliphatic rings. The average Bonchev–Trinajstić information content (AvgIpc) is 3.71. The van der Waals surface area contributed by atoms with E-state index in [-0.39, 0.29) is 16.2 Å². The van der Waals surface area contributed by atoms with E-state index < -0.39 is 5.41 Å². The van der Waals surface area contributed by atoms with E-state index in [0.29, 0.717) is 0 Å². The van der Waals surface area contributed by atoms with Crippen LogP contribution in [0.25, 0.3) is 22.5 Å². The second kappa shape index (κ2) is 14.9. The summed E-state index contributed by atoms with van der Waals surface area (Å²) in [6, 6.07) is 62.4. The predicted molar refractivity (Wildman–Crippen MR) is 297 cm³/mol. The Balaban J connectivity index is 0.976. The standard InChI is InChI=1S/C69H63N5/c1-66(2)52-20-7-11-24-56(52)73(57-25-12-8-21-53(57)66)60-28-15-29-61(74-58-26-13-9-22-54(58)69(55-23-10-14-27-59(55)74)50-18-5-3-16-48(50)49-17-4-6-19-51(49)69)62(60)63-70-64(67-36-42-30-43(37-67)32-44(31-42)38-67)72-65(71-63)68-39-45-33-46(40-68)35-47(34-45)41-68/h3-29,42-47H,30-41H2,1-2H3. The van der Waals surface area contributed by atoms with Gasteiger partial charge in [-0.25, -0.2) is 15.0 Å². The first kappa shape index (κ1) is 42.5. The van der Waals surface area contributed by atoms with Crippen LogP contribution in [0, 0.1) is 35.5 Å². The molecule has 0 atom stereocenters. The minimum absolute atomic E-state index is 0.00704. The van der Waals surface area contributed by atoms with Gasteiger partial charge in [-0.3, -0.25) is 0 Å². The fraction of sp³-hybridized carbons (Fsp3) is 0.348. The molecule has 8 aromatic rings. The van der Waals surface area contributed by atoms with Gasteiger partial charge in [-0.1, -0.05) is 141 Å². The van der Waals surface area contributed by atoms with Crippen molar-refractivity contribution in [2.24, 2.45) is 35.5 Å². The second-order valence-electron chi connectivity index (χ2n) is 25.6. The number of rotatable bonds is 5. The fourth-order valence-corrected chi connectivity index (χ4v) is 19.1. The van der Waals surface area contributed by atoms with Crippen molar-refractivity contribution in [3.63, 3.8) is 0 Å². The lowest BCUT2D eigenvalue weighted by atomic mass is 9.49. The first-order valence-corrected chi connectivity index (χ1v) is 28.4. The summed E-state index contributed by atoms with van der Waals surface area (Å²) in [4.78, 5) is 23.5. The first-order valence-electron chi connectivity index (χ1n) is 28.4. The third kappa shape index (κ3) is 5.58. The van der Waals surface area contributed by atoms with Gasteiger partial charge in [0.15, 0.2) is 5.82 Å². The smallest absolute Gasteiger partial charge is 0.167 e. The zero-order valence-corrected chi connectivity index (χ0v) is 42.8. The Morgan fingerprint density at radius 3 is 1.04 bits per heavy atom. The summed E-state index contributed by atoms with van der Waals surface area (Å²) >= 11 is 0. The van der Waals surface area contributed by atoms with Gasteiger partial charge in [0.05, 0.1) is 45.1 Å². The summed E-state index contributed by atoms with van der Waals surface area (Å²) in [6.07, 6.45) is 15.7. The number of fused-ring (bicyclic) bond motifs is 11. The monoisotopic (exact) mass is 962 g/mol. The van der Waals surface area contributed by atoms with Crippen molar-refractivity contribution in [2.75, 3.05) is 9.80 Å². The highest BCUT2D eigenvalue weighted by Crippen LogP contribution is 2.67. The van der Waals surface area contributed by atoms with Crippen LogP contribution in [0.1, 0.15) is 136 Å². The normalized spacial score (nSPS) is 29.1. The molecule has 0 amide bonds. The van der Waals surface area contributed by atoms with Crippen LogP contribution in [0.5, 0.6) is 0 Å². The zero-order chi connectivity index (χ0) is 48.7. The quantitative estimate of drug-likeness (QED) is 0.172. The third-order valence-electron chi connectivity index (χ3n) is 21.1. The molecule has 5 nitrogen and oxygen atoms in total. The van der Waals surface area contributed by atoms with Crippen LogP contribution < -0.4 is 9.80 Å². The van der Waals surface area contributed by atoms with Crippen LogP contribution in [0.4, 0.5) is 34.1 Å². The van der Waals surface area contributed by atoms with E-state index in [0.717, 1.165) is 69.9 Å². The highest BCUT2D eigenvalue weighted by molar-refractivity contribution is 6.02. The van der Waals surface area contributed by atoms with Gasteiger partial charge in [0.2, 0.25) is 0 Å². The molecular weight excluding hydrogens is 899 g/mol. The molecule has 0 saturated heterocycles. The molecular formula is C69H63N5. The predicted octanol–water partition coefficient (Wildman–Crippen LogP) is 16.7. The Labute approximate surface area is 436 Å². The van der Waals surface area contributed by atoms with Gasteiger partial charge >= 0.3 is 0 Å². The largest absolute Gasteiger partial charge is 0.309 e. The van der Waals surface area contributed by atoms with Crippen LogP contribution in [0.2, 0.25) is 0 Å². The molecule has 2 aliphatic heterocycles. The zero-order valence-electron chi connectivity index (χ0n) is 42.8. The summed E-state index contributed by atoms with van der Waals surface area (Å²) in [5, 5.41) is 0. The Hall–Kier alpha value is -6.85. The highest BCUT2D eigenvalue weighted by Gasteiger charge is 2.57. The van der Waals surface area contributed by atoms with Crippen molar-refractivity contribution in [2.45, 2.75) is 113 Å². The van der Waals surface area contributed by atoms with Crippen LogP contribution in [0.3, 0.4) is 0 Å². The molecule has 8 fully saturated rings. The van der Waals surface area contributed by atoms with Crippen LogP contribution in [0.15, 0.2) is 164 Å². The van der Waals surface area contributed by atoms with Crippen LogP contribution in [-0.4, -0.2) is 15.0 Å². The highest BCUT2D eigenvalue weighted by atomic mass is 15.2. The van der Waals surface area contributed by atoms with E-state index in [1.165, 1.54) is 144 Å². The Morgan fingerprint density at radius 2 is 0.649 bits per heavy atom. The lowest BCUT2D eigenvalue weighted by molar-refractivity contribution is -0.0155. The van der Waals surface area contributed by atoms with Crippen molar-refractivity contribution >= 4 is 34.1 Å². The molecule has 0 N–H and O–H groups in total. The van der Waals surface area contributed by atoms with Gasteiger partial charge in [0.1, 0.15) is 11.6 Å². The number of hydrogen-bond donors (Lipinski definition) is 0. The summed E-state index contributed by atoms with van der Waals surface area (Å²) in [7, 11) is 0. The van der Waals surface area contributed by atoms with Crippen molar-refractivity contribution < 1.29 is 0 Å². The SMILES string of the molecule is CC1(C)c2ccccc2N(c2cccc(N3c4ccccc4C4(c5ccccc5-c5ccccc54)c4ccccc43)c2-c2nc(C34CC5CC(CC(C5)C3)C4)nc(C34CC5CC(CC(C5)C3)C4)n2)c2ccccc21. The number of anilines is 6. The van der Waals surface area contributed by atoms with Gasteiger partial charge in [-0.05, 0) is 193 Å². The summed E-state index contributed by atoms with van der Waals surface area (Å²) < 4.78 is 0. The van der Waals surface area contributed by atoms with Gasteiger partial charge in [-0.15, -0.1) is 0 Å². The lowest BCUT2D eigenvalue weighted by Crippen LogP contribution is -2.51. The first-order chi connectivity index (χ1) is 36.3. The number of hydrogen-bond acceptors (Lipinski definition) is 5. The minimum Gasteiger partial charge on any atom is -0.309 e. The van der Waals surface area contributed by atoms with Gasteiger partial charge in [0.25, 0.3) is 0 Å². The summed E-state index contributed by atoms with van der Waals surface area (Å²) in [5.41, 5.74) is 17.9. The number of benzene rings is 7. The van der Waals surface area contributed by atoms with Gasteiger partial charge in [-0.2, -0.15) is 0 Å². The molecule has 0 unspecified atom stereocenters. The maximum atomic E-state index is 6.14. The number of nitrogens with zero attached hydrogens (tertiary/aromatic N) is 5. The summed E-state index contributed by atoms with van der Waals surface area (Å²) in [5.74, 6) is 7.74. The molecule has 9 aliphatic carbocycles. The van der Waals surface area contributed by atoms with E-state index in [9.17, 15) is 0 Å². The molecule has 19 rings (SSSR count). The van der Waals surface area contributed by atoms with E-state index in [1.807, 2.05) is 0 Å². The molecule has 8 bridgehead atoms. The van der Waals surface area contributed by atoms with Crippen molar-refractivity contribution in [1.29, 1.82) is 0 Å². The van der Waals surface area contributed by atoms with Crippen LogP contribution >= 0.6 is 0 Å². The van der Waals surface area contributed by atoms with E-state index in [4.69, 9.17) is 15.0 Å². The van der Waals surface area contributed by atoms with Gasteiger partial charge < -0.3 is 9.80 Å². The molecule has 1 spiro atoms. The average molecular weight is 962 g/mol. The van der Waals surface area contributed by atoms with E-state index >= 15 is 0 Å². The Kier molecular flexibility index (Phi) is 8.57.